The minimum absolute atomic E-state index is 0.0704. The lowest BCUT2D eigenvalue weighted by Crippen LogP contribution is -2.50. The van der Waals surface area contributed by atoms with Gasteiger partial charge in [0.05, 0.1) is 6.04 Å². The normalized spacial score (nSPS) is 27.1. The van der Waals surface area contributed by atoms with Gasteiger partial charge in [0, 0.05) is 6.54 Å². The van der Waals surface area contributed by atoms with Crippen molar-refractivity contribution in [1.29, 1.82) is 0 Å². The van der Waals surface area contributed by atoms with E-state index in [9.17, 15) is 9.59 Å². The maximum absolute atomic E-state index is 12.2. The third kappa shape index (κ3) is 2.57. The van der Waals surface area contributed by atoms with Gasteiger partial charge < -0.3 is 15.4 Å². The highest BCUT2D eigenvalue weighted by atomic mass is 16.2. The van der Waals surface area contributed by atoms with Gasteiger partial charge in [-0.15, -0.1) is 0 Å². The molecule has 0 bridgehead atoms. The molecular weight excluding hydrogens is 216 g/mol. The molecule has 4 heteroatoms. The van der Waals surface area contributed by atoms with Crippen LogP contribution < -0.4 is 5.73 Å². The van der Waals surface area contributed by atoms with Crippen molar-refractivity contribution in [3.63, 3.8) is 0 Å². The quantitative estimate of drug-likeness (QED) is 0.584. The summed E-state index contributed by atoms with van der Waals surface area (Å²) in [6.45, 7) is 0.517. The van der Waals surface area contributed by atoms with E-state index in [0.29, 0.717) is 12.5 Å². The van der Waals surface area contributed by atoms with Crippen LogP contribution in [-0.4, -0.2) is 35.7 Å². The van der Waals surface area contributed by atoms with Crippen LogP contribution in [-0.2, 0) is 9.59 Å². The summed E-state index contributed by atoms with van der Waals surface area (Å²) in [7, 11) is 0. The van der Waals surface area contributed by atoms with Crippen LogP contribution in [0.5, 0.6) is 0 Å². The minimum Gasteiger partial charge on any atom is -0.324 e. The highest BCUT2D eigenvalue weighted by Crippen LogP contribution is 2.27. The number of aldehydes is 1. The first-order valence-corrected chi connectivity index (χ1v) is 6.42. The van der Waals surface area contributed by atoms with Crippen LogP contribution in [0.4, 0.5) is 0 Å². The summed E-state index contributed by atoms with van der Waals surface area (Å²) in [4.78, 5) is 24.6. The summed E-state index contributed by atoms with van der Waals surface area (Å²) in [6.07, 6.45) is 10.1. The molecule has 1 aliphatic heterocycles. The molecule has 2 aliphatic rings. The Balaban J connectivity index is 1.96. The largest absolute Gasteiger partial charge is 0.324 e. The topological polar surface area (TPSA) is 63.4 Å². The zero-order valence-corrected chi connectivity index (χ0v) is 10.0. The Morgan fingerprint density at radius 1 is 1.35 bits per heavy atom. The first-order chi connectivity index (χ1) is 8.24. The van der Waals surface area contributed by atoms with Crippen LogP contribution >= 0.6 is 0 Å². The summed E-state index contributed by atoms with van der Waals surface area (Å²) >= 11 is 0. The van der Waals surface area contributed by atoms with Gasteiger partial charge in [0.25, 0.3) is 0 Å². The Bertz CT molecular complexity index is 321. The van der Waals surface area contributed by atoms with Crippen molar-refractivity contribution in [1.82, 2.24) is 4.90 Å². The molecule has 0 aromatic carbocycles. The number of nitrogens with zero attached hydrogens (tertiary/aromatic N) is 1. The molecule has 2 rings (SSSR count). The lowest BCUT2D eigenvalue weighted by molar-refractivity contribution is -0.136. The fourth-order valence-electron chi connectivity index (χ4n) is 2.78. The second kappa shape index (κ2) is 5.45. The summed E-state index contributed by atoms with van der Waals surface area (Å²) in [5.74, 6) is 0.225. The second-order valence-electron chi connectivity index (χ2n) is 4.97. The molecule has 2 N–H and O–H groups in total. The molecule has 0 radical (unpaired) electrons. The standard InChI is InChI=1S/C13H20N2O2/c14-12(10-5-2-1-3-6-10)13(17)15-8-4-7-11(15)9-16/h4,7,9-12H,1-3,5-6,8,14H2/t11-,12-/m0/s1. The van der Waals surface area contributed by atoms with Crippen LogP contribution in [0.25, 0.3) is 0 Å². The molecule has 1 fully saturated rings. The van der Waals surface area contributed by atoms with Crippen LogP contribution in [0.2, 0.25) is 0 Å². The van der Waals surface area contributed by atoms with Crippen LogP contribution in [0.3, 0.4) is 0 Å². The van der Waals surface area contributed by atoms with Crippen molar-refractivity contribution < 1.29 is 9.59 Å². The molecule has 0 aromatic rings. The number of nitrogens with two attached hydrogens (primary N) is 1. The monoisotopic (exact) mass is 236 g/mol. The Morgan fingerprint density at radius 2 is 2.06 bits per heavy atom. The number of hydrogen-bond donors (Lipinski definition) is 1. The summed E-state index contributed by atoms with van der Waals surface area (Å²) in [5, 5.41) is 0. The van der Waals surface area contributed by atoms with Gasteiger partial charge in [0.2, 0.25) is 5.91 Å². The molecule has 2 atom stereocenters. The molecule has 17 heavy (non-hydrogen) atoms. The highest BCUT2D eigenvalue weighted by Gasteiger charge is 2.33. The zero-order valence-electron chi connectivity index (χ0n) is 10.0. The van der Waals surface area contributed by atoms with Gasteiger partial charge in [-0.2, -0.15) is 0 Å². The van der Waals surface area contributed by atoms with Crippen molar-refractivity contribution in [2.75, 3.05) is 6.54 Å². The van der Waals surface area contributed by atoms with Crippen molar-refractivity contribution in [3.05, 3.63) is 12.2 Å². The predicted octanol–water partition coefficient (Wildman–Crippen LogP) is 0.860. The molecule has 1 amide bonds. The molecule has 1 saturated carbocycles. The van der Waals surface area contributed by atoms with Crippen molar-refractivity contribution in [2.45, 2.75) is 44.2 Å². The van der Waals surface area contributed by atoms with E-state index in [1.54, 1.807) is 11.0 Å². The molecule has 4 nitrogen and oxygen atoms in total. The number of rotatable bonds is 3. The van der Waals surface area contributed by atoms with E-state index >= 15 is 0 Å². The van der Waals surface area contributed by atoms with Gasteiger partial charge >= 0.3 is 0 Å². The number of amides is 1. The molecule has 1 aliphatic carbocycles. The third-order valence-corrected chi connectivity index (χ3v) is 3.86. The van der Waals surface area contributed by atoms with Gasteiger partial charge in [0.1, 0.15) is 12.3 Å². The summed E-state index contributed by atoms with van der Waals surface area (Å²) < 4.78 is 0. The number of carbonyl (C=O) groups excluding carboxylic acids is 2. The average Bonchev–Trinajstić information content (AvgIpc) is 2.86. The SMILES string of the molecule is N[C@H](C(=O)N1CC=C[C@H]1C=O)C1CCCCC1. The Hall–Kier alpha value is -1.16. The number of hydrogen-bond acceptors (Lipinski definition) is 3. The molecular formula is C13H20N2O2. The Labute approximate surface area is 102 Å². The van der Waals surface area contributed by atoms with E-state index in [4.69, 9.17) is 5.73 Å². The number of carbonyl (C=O) groups is 2. The van der Waals surface area contributed by atoms with Crippen LogP contribution in [0.1, 0.15) is 32.1 Å². The van der Waals surface area contributed by atoms with Gasteiger partial charge in [-0.1, -0.05) is 31.4 Å². The van der Waals surface area contributed by atoms with Crippen LogP contribution in [0.15, 0.2) is 12.2 Å². The third-order valence-electron chi connectivity index (χ3n) is 3.86. The fourth-order valence-corrected chi connectivity index (χ4v) is 2.78. The van der Waals surface area contributed by atoms with Gasteiger partial charge in [-0.3, -0.25) is 4.79 Å². The average molecular weight is 236 g/mol. The summed E-state index contributed by atoms with van der Waals surface area (Å²) in [5.41, 5.74) is 6.05. The van der Waals surface area contributed by atoms with Crippen molar-refractivity contribution >= 4 is 12.2 Å². The first kappa shape index (κ1) is 12.3. The van der Waals surface area contributed by atoms with E-state index in [-0.39, 0.29) is 5.91 Å². The molecule has 0 aromatic heterocycles. The van der Waals surface area contributed by atoms with E-state index in [1.807, 2.05) is 6.08 Å². The highest BCUT2D eigenvalue weighted by molar-refractivity contribution is 5.86. The Kier molecular flexibility index (Phi) is 3.94. The summed E-state index contributed by atoms with van der Waals surface area (Å²) in [6, 6.07) is -0.838. The molecule has 1 heterocycles. The first-order valence-electron chi connectivity index (χ1n) is 6.42. The molecule has 94 valence electrons. The second-order valence-corrected chi connectivity index (χ2v) is 4.97. The van der Waals surface area contributed by atoms with E-state index in [1.165, 1.54) is 19.3 Å². The van der Waals surface area contributed by atoms with Crippen LogP contribution in [0, 0.1) is 5.92 Å². The van der Waals surface area contributed by atoms with Gasteiger partial charge in [0.15, 0.2) is 0 Å². The van der Waals surface area contributed by atoms with E-state index in [0.717, 1.165) is 19.1 Å². The minimum atomic E-state index is -0.433. The van der Waals surface area contributed by atoms with Crippen molar-refractivity contribution in [3.8, 4) is 0 Å². The van der Waals surface area contributed by atoms with Gasteiger partial charge in [-0.25, -0.2) is 0 Å². The van der Waals surface area contributed by atoms with Crippen molar-refractivity contribution in [2.24, 2.45) is 11.7 Å². The lowest BCUT2D eigenvalue weighted by Gasteiger charge is -2.31. The smallest absolute Gasteiger partial charge is 0.240 e. The maximum atomic E-state index is 12.2. The molecule has 0 unspecified atom stereocenters. The van der Waals surface area contributed by atoms with Gasteiger partial charge in [-0.05, 0) is 18.8 Å². The van der Waals surface area contributed by atoms with E-state index < -0.39 is 12.1 Å². The molecule has 0 saturated heterocycles. The predicted molar refractivity (Wildman–Crippen MR) is 65.3 cm³/mol. The Morgan fingerprint density at radius 3 is 2.71 bits per heavy atom. The fraction of sp³-hybridized carbons (Fsp3) is 0.692. The zero-order chi connectivity index (χ0) is 12.3. The lowest BCUT2D eigenvalue weighted by atomic mass is 9.83. The van der Waals surface area contributed by atoms with E-state index in [2.05, 4.69) is 0 Å². The maximum Gasteiger partial charge on any atom is 0.240 e. The molecule has 0 spiro atoms.